The number of hydrogen-bond donors (Lipinski definition) is 2. The lowest BCUT2D eigenvalue weighted by atomic mass is 10.1. The lowest BCUT2D eigenvalue weighted by molar-refractivity contribution is -0.147. The van der Waals surface area contributed by atoms with Gasteiger partial charge in [0.1, 0.15) is 5.75 Å². The third kappa shape index (κ3) is 5.14. The first kappa shape index (κ1) is 23.5. The van der Waals surface area contributed by atoms with E-state index in [-0.39, 0.29) is 5.91 Å². The molecule has 1 aliphatic heterocycles. The van der Waals surface area contributed by atoms with Crippen LogP contribution < -0.4 is 15.0 Å². The monoisotopic (exact) mass is 486 g/mol. The zero-order valence-corrected chi connectivity index (χ0v) is 20.2. The van der Waals surface area contributed by atoms with E-state index in [1.165, 1.54) is 11.3 Å². The zero-order valence-electron chi connectivity index (χ0n) is 18.6. The smallest absolute Gasteiger partial charge is 0.257 e. The number of halogens is 1. The number of benzene rings is 1. The van der Waals surface area contributed by atoms with E-state index in [1.807, 2.05) is 43.7 Å². The molecule has 1 aromatic carbocycles. The van der Waals surface area contributed by atoms with Crippen molar-refractivity contribution in [2.75, 3.05) is 38.6 Å². The fourth-order valence-electron chi connectivity index (χ4n) is 3.84. The highest BCUT2D eigenvalue weighted by atomic mass is 35.5. The standard InChI is InChI=1S/C24H27ClN4O3S/c1-26-10-8-24(31,22-4-3-13-33-22)32-18-6-5-17(20(25)14-18)16-29-12-11-28(2)21-7-9-27-15-19(21)23(29)30/h3-7,9,13-15,26,31H,8,10-12,16H2,1-2H3/t24-/m1/s1. The van der Waals surface area contributed by atoms with Crippen LogP contribution in [0.4, 0.5) is 5.69 Å². The van der Waals surface area contributed by atoms with E-state index in [1.54, 1.807) is 29.4 Å². The van der Waals surface area contributed by atoms with Crippen LogP contribution in [0.3, 0.4) is 0 Å². The minimum absolute atomic E-state index is 0.0713. The summed E-state index contributed by atoms with van der Waals surface area (Å²) < 4.78 is 6.02. The van der Waals surface area contributed by atoms with Crippen LogP contribution in [0.1, 0.15) is 27.2 Å². The number of nitrogens with zero attached hydrogens (tertiary/aromatic N) is 3. The van der Waals surface area contributed by atoms with Crippen molar-refractivity contribution in [2.45, 2.75) is 18.8 Å². The summed E-state index contributed by atoms with van der Waals surface area (Å²) in [6.07, 6.45) is 3.69. The maximum Gasteiger partial charge on any atom is 0.257 e. The van der Waals surface area contributed by atoms with Gasteiger partial charge in [-0.3, -0.25) is 9.78 Å². The predicted molar refractivity (Wildman–Crippen MR) is 131 cm³/mol. The molecule has 0 bridgehead atoms. The lowest BCUT2D eigenvalue weighted by Gasteiger charge is -2.28. The molecule has 0 aliphatic carbocycles. The second-order valence-corrected chi connectivity index (χ2v) is 9.37. The number of aromatic nitrogens is 1. The Kier molecular flexibility index (Phi) is 7.19. The molecule has 9 heteroatoms. The maximum atomic E-state index is 13.1. The Hall–Kier alpha value is -2.65. The Labute approximate surface area is 202 Å². The number of ether oxygens (including phenoxy) is 1. The molecule has 2 N–H and O–H groups in total. The Bertz CT molecular complexity index is 1110. The van der Waals surface area contributed by atoms with Crippen molar-refractivity contribution in [3.05, 3.63) is 75.2 Å². The highest BCUT2D eigenvalue weighted by Gasteiger charge is 2.33. The van der Waals surface area contributed by atoms with Gasteiger partial charge in [0, 0.05) is 57.1 Å². The Morgan fingerprint density at radius 1 is 1.30 bits per heavy atom. The van der Waals surface area contributed by atoms with Crippen molar-refractivity contribution in [2.24, 2.45) is 0 Å². The van der Waals surface area contributed by atoms with Gasteiger partial charge in [-0.25, -0.2) is 0 Å². The van der Waals surface area contributed by atoms with E-state index >= 15 is 0 Å². The highest BCUT2D eigenvalue weighted by Crippen LogP contribution is 2.34. The van der Waals surface area contributed by atoms with Crippen LogP contribution in [0.2, 0.25) is 5.02 Å². The van der Waals surface area contributed by atoms with Crippen LogP contribution in [-0.4, -0.2) is 54.6 Å². The number of fused-ring (bicyclic) bond motifs is 1. The van der Waals surface area contributed by atoms with Gasteiger partial charge in [0.15, 0.2) is 0 Å². The quantitative estimate of drug-likeness (QED) is 0.472. The SMILES string of the molecule is CNCC[C@@](O)(Oc1ccc(CN2CCN(C)c3ccncc3C2=O)c(Cl)c1)c1cccs1. The molecule has 3 aromatic rings. The van der Waals surface area contributed by atoms with Crippen molar-refractivity contribution in [3.8, 4) is 5.75 Å². The average Bonchev–Trinajstić information content (AvgIpc) is 3.34. The fraction of sp³-hybridized carbons (Fsp3) is 0.333. The normalized spacial score (nSPS) is 15.7. The summed E-state index contributed by atoms with van der Waals surface area (Å²) in [5.74, 6) is -1.06. The van der Waals surface area contributed by atoms with Gasteiger partial charge in [-0.15, -0.1) is 11.3 Å². The second-order valence-electron chi connectivity index (χ2n) is 8.01. The molecule has 0 saturated carbocycles. The van der Waals surface area contributed by atoms with Gasteiger partial charge in [-0.05, 0) is 42.3 Å². The summed E-state index contributed by atoms with van der Waals surface area (Å²) in [5.41, 5.74) is 2.27. The summed E-state index contributed by atoms with van der Waals surface area (Å²) in [7, 11) is 3.80. The molecule has 0 radical (unpaired) electrons. The number of aliphatic hydroxyl groups is 1. The van der Waals surface area contributed by atoms with Gasteiger partial charge < -0.3 is 25.0 Å². The number of anilines is 1. The van der Waals surface area contributed by atoms with Crippen LogP contribution >= 0.6 is 22.9 Å². The van der Waals surface area contributed by atoms with Crippen LogP contribution in [0.15, 0.2) is 54.2 Å². The zero-order chi connectivity index (χ0) is 23.4. The van der Waals surface area contributed by atoms with Crippen LogP contribution in [-0.2, 0) is 12.3 Å². The number of likely N-dealkylation sites (N-methyl/N-ethyl adjacent to an activating group) is 1. The topological polar surface area (TPSA) is 77.9 Å². The molecule has 0 spiro atoms. The summed E-state index contributed by atoms with van der Waals surface area (Å²) in [5, 5.41) is 16.6. The summed E-state index contributed by atoms with van der Waals surface area (Å²) >= 11 is 8.03. The highest BCUT2D eigenvalue weighted by molar-refractivity contribution is 7.10. The molecule has 1 atom stereocenters. The first-order valence-corrected chi connectivity index (χ1v) is 12.0. The number of carbonyl (C=O) groups excluding carboxylic acids is 1. The molecule has 0 saturated heterocycles. The van der Waals surface area contributed by atoms with Gasteiger partial charge in [0.05, 0.1) is 16.1 Å². The Balaban J connectivity index is 1.53. The van der Waals surface area contributed by atoms with Gasteiger partial charge in [0.2, 0.25) is 5.79 Å². The number of hydrogen-bond acceptors (Lipinski definition) is 7. The largest absolute Gasteiger partial charge is 0.457 e. The molecule has 174 valence electrons. The molecule has 0 fully saturated rings. The van der Waals surface area contributed by atoms with E-state index in [9.17, 15) is 9.90 Å². The van der Waals surface area contributed by atoms with Gasteiger partial charge in [-0.1, -0.05) is 23.7 Å². The predicted octanol–water partition coefficient (Wildman–Crippen LogP) is 3.72. The molecular weight excluding hydrogens is 460 g/mol. The number of amides is 1. The van der Waals surface area contributed by atoms with E-state index in [0.717, 1.165) is 16.1 Å². The van der Waals surface area contributed by atoms with Crippen molar-refractivity contribution < 1.29 is 14.6 Å². The summed E-state index contributed by atoms with van der Waals surface area (Å²) in [6.45, 7) is 2.23. The molecule has 1 aliphatic rings. The molecule has 33 heavy (non-hydrogen) atoms. The van der Waals surface area contributed by atoms with E-state index in [4.69, 9.17) is 16.3 Å². The van der Waals surface area contributed by atoms with Gasteiger partial charge >= 0.3 is 0 Å². The number of pyridine rings is 1. The van der Waals surface area contributed by atoms with E-state index in [2.05, 4.69) is 15.2 Å². The van der Waals surface area contributed by atoms with Crippen molar-refractivity contribution in [3.63, 3.8) is 0 Å². The third-order valence-corrected chi connectivity index (χ3v) is 7.08. The van der Waals surface area contributed by atoms with Crippen molar-refractivity contribution in [1.82, 2.24) is 15.2 Å². The first-order chi connectivity index (χ1) is 15.9. The minimum atomic E-state index is -1.45. The number of thiophene rings is 1. The van der Waals surface area contributed by atoms with E-state index in [0.29, 0.717) is 48.9 Å². The Morgan fingerprint density at radius 2 is 2.15 bits per heavy atom. The molecular formula is C24H27ClN4O3S. The van der Waals surface area contributed by atoms with Gasteiger partial charge in [0.25, 0.3) is 5.91 Å². The molecule has 2 aromatic heterocycles. The van der Waals surface area contributed by atoms with Crippen LogP contribution in [0, 0.1) is 0 Å². The number of nitrogens with one attached hydrogen (secondary N) is 1. The summed E-state index contributed by atoms with van der Waals surface area (Å²) in [6, 6.07) is 10.9. The minimum Gasteiger partial charge on any atom is -0.457 e. The molecule has 1 amide bonds. The van der Waals surface area contributed by atoms with Crippen LogP contribution in [0.25, 0.3) is 0 Å². The van der Waals surface area contributed by atoms with Gasteiger partial charge in [-0.2, -0.15) is 0 Å². The molecule has 7 nitrogen and oxygen atoms in total. The number of carbonyl (C=O) groups is 1. The lowest BCUT2D eigenvalue weighted by Crippen LogP contribution is -2.35. The molecule has 4 rings (SSSR count). The molecule has 3 heterocycles. The second kappa shape index (κ2) is 10.1. The fourth-order valence-corrected chi connectivity index (χ4v) is 4.86. The van der Waals surface area contributed by atoms with Crippen molar-refractivity contribution >= 4 is 34.5 Å². The Morgan fingerprint density at radius 3 is 2.88 bits per heavy atom. The van der Waals surface area contributed by atoms with E-state index < -0.39 is 5.79 Å². The average molecular weight is 487 g/mol. The number of rotatable bonds is 8. The van der Waals surface area contributed by atoms with Crippen molar-refractivity contribution in [1.29, 1.82) is 0 Å². The summed E-state index contributed by atoms with van der Waals surface area (Å²) in [4.78, 5) is 21.8. The molecule has 0 unspecified atom stereocenters. The van der Waals surface area contributed by atoms with Crippen LogP contribution in [0.5, 0.6) is 5.75 Å². The first-order valence-electron chi connectivity index (χ1n) is 10.7. The maximum absolute atomic E-state index is 13.1. The third-order valence-electron chi connectivity index (χ3n) is 5.72.